The quantitative estimate of drug-likeness (QED) is 0.856. The number of hydrogen-bond acceptors (Lipinski definition) is 3. The number of likely N-dealkylation sites (N-methyl/N-ethyl adjacent to an activating group) is 1. The Kier molecular flexibility index (Phi) is 5.23. The minimum Gasteiger partial charge on any atom is -0.376 e. The fourth-order valence-corrected chi connectivity index (χ4v) is 2.74. The molecule has 106 valence electrons. The molecule has 0 radical (unpaired) electrons. The van der Waals surface area contributed by atoms with Crippen molar-refractivity contribution in [3.05, 3.63) is 29.8 Å². The molecule has 0 amide bonds. The lowest BCUT2D eigenvalue weighted by Crippen LogP contribution is -2.33. The zero-order valence-corrected chi connectivity index (χ0v) is 12.1. The standard InChI is InChI=1S/C16H26N2O/c1-3-15(17)14-9-5-6-10-16(14)18(4-2)12-13-8-7-11-19-13/h5-6,9-10,13,15H,3-4,7-8,11-12,17H2,1-2H3/t13?,15-/m0/s1. The molecular formula is C16H26N2O. The van der Waals surface area contributed by atoms with Crippen LogP contribution in [0, 0.1) is 0 Å². The van der Waals surface area contributed by atoms with Gasteiger partial charge in [-0.1, -0.05) is 25.1 Å². The molecule has 2 atom stereocenters. The van der Waals surface area contributed by atoms with Crippen molar-refractivity contribution in [3.8, 4) is 0 Å². The lowest BCUT2D eigenvalue weighted by Gasteiger charge is -2.29. The molecule has 19 heavy (non-hydrogen) atoms. The third-order valence-electron chi connectivity index (χ3n) is 3.95. The van der Waals surface area contributed by atoms with Crippen molar-refractivity contribution >= 4 is 5.69 Å². The summed E-state index contributed by atoms with van der Waals surface area (Å²) in [5, 5.41) is 0. The van der Waals surface area contributed by atoms with Crippen LogP contribution < -0.4 is 10.6 Å². The van der Waals surface area contributed by atoms with Crippen molar-refractivity contribution in [2.45, 2.75) is 45.3 Å². The molecular weight excluding hydrogens is 236 g/mol. The smallest absolute Gasteiger partial charge is 0.0750 e. The number of nitrogens with zero attached hydrogens (tertiary/aromatic N) is 1. The third kappa shape index (κ3) is 3.48. The van der Waals surface area contributed by atoms with Gasteiger partial charge in [-0.25, -0.2) is 0 Å². The number of anilines is 1. The van der Waals surface area contributed by atoms with Gasteiger partial charge in [-0.05, 0) is 37.8 Å². The van der Waals surface area contributed by atoms with Crippen LogP contribution >= 0.6 is 0 Å². The Balaban J connectivity index is 2.16. The summed E-state index contributed by atoms with van der Waals surface area (Å²) in [4.78, 5) is 2.40. The summed E-state index contributed by atoms with van der Waals surface area (Å²) in [6.07, 6.45) is 3.72. The molecule has 1 heterocycles. The Morgan fingerprint density at radius 1 is 1.37 bits per heavy atom. The van der Waals surface area contributed by atoms with Gasteiger partial charge in [0, 0.05) is 31.4 Å². The second-order valence-corrected chi connectivity index (χ2v) is 5.25. The van der Waals surface area contributed by atoms with Gasteiger partial charge in [0.2, 0.25) is 0 Å². The number of rotatable bonds is 6. The average molecular weight is 262 g/mol. The van der Waals surface area contributed by atoms with Crippen molar-refractivity contribution in [3.63, 3.8) is 0 Å². The van der Waals surface area contributed by atoms with Gasteiger partial charge in [0.1, 0.15) is 0 Å². The van der Waals surface area contributed by atoms with Crippen LogP contribution in [0.25, 0.3) is 0 Å². The van der Waals surface area contributed by atoms with E-state index in [-0.39, 0.29) is 6.04 Å². The van der Waals surface area contributed by atoms with E-state index in [1.165, 1.54) is 24.1 Å². The summed E-state index contributed by atoms with van der Waals surface area (Å²) in [7, 11) is 0. The summed E-state index contributed by atoms with van der Waals surface area (Å²) in [6.45, 7) is 7.22. The molecule has 0 saturated carbocycles. The van der Waals surface area contributed by atoms with Gasteiger partial charge in [-0.2, -0.15) is 0 Å². The number of hydrogen-bond donors (Lipinski definition) is 1. The fraction of sp³-hybridized carbons (Fsp3) is 0.625. The zero-order valence-electron chi connectivity index (χ0n) is 12.1. The zero-order chi connectivity index (χ0) is 13.7. The van der Waals surface area contributed by atoms with Gasteiger partial charge in [-0.15, -0.1) is 0 Å². The van der Waals surface area contributed by atoms with Crippen LogP contribution in [-0.2, 0) is 4.74 Å². The van der Waals surface area contributed by atoms with Crippen molar-refractivity contribution in [2.24, 2.45) is 5.73 Å². The van der Waals surface area contributed by atoms with Gasteiger partial charge in [0.25, 0.3) is 0 Å². The molecule has 1 aliphatic heterocycles. The summed E-state index contributed by atoms with van der Waals surface area (Å²) >= 11 is 0. The molecule has 1 saturated heterocycles. The van der Waals surface area contributed by atoms with E-state index in [1.54, 1.807) is 0 Å². The molecule has 0 bridgehead atoms. The van der Waals surface area contributed by atoms with Crippen LogP contribution in [0.15, 0.2) is 24.3 Å². The molecule has 0 aromatic heterocycles. The minimum absolute atomic E-state index is 0.120. The Hall–Kier alpha value is -1.06. The molecule has 3 heteroatoms. The molecule has 1 aliphatic rings. The maximum Gasteiger partial charge on any atom is 0.0750 e. The van der Waals surface area contributed by atoms with E-state index >= 15 is 0 Å². The highest BCUT2D eigenvalue weighted by atomic mass is 16.5. The molecule has 2 N–H and O–H groups in total. The number of para-hydroxylation sites is 1. The van der Waals surface area contributed by atoms with E-state index in [4.69, 9.17) is 10.5 Å². The van der Waals surface area contributed by atoms with Gasteiger partial charge >= 0.3 is 0 Å². The van der Waals surface area contributed by atoms with Crippen LogP contribution in [0.3, 0.4) is 0 Å². The maximum absolute atomic E-state index is 6.24. The molecule has 3 nitrogen and oxygen atoms in total. The van der Waals surface area contributed by atoms with E-state index in [0.29, 0.717) is 6.10 Å². The summed E-state index contributed by atoms with van der Waals surface area (Å²) in [5.74, 6) is 0. The lowest BCUT2D eigenvalue weighted by atomic mass is 10.0. The first-order valence-electron chi connectivity index (χ1n) is 7.47. The normalized spacial score (nSPS) is 20.5. The Bertz CT molecular complexity index is 388. The van der Waals surface area contributed by atoms with Crippen LogP contribution in [0.1, 0.15) is 44.7 Å². The van der Waals surface area contributed by atoms with Crippen LogP contribution in [0.5, 0.6) is 0 Å². The summed E-state index contributed by atoms with van der Waals surface area (Å²) in [6, 6.07) is 8.63. The Labute approximate surface area is 116 Å². The first-order valence-corrected chi connectivity index (χ1v) is 7.47. The predicted molar refractivity (Wildman–Crippen MR) is 80.5 cm³/mol. The molecule has 1 aromatic carbocycles. The van der Waals surface area contributed by atoms with E-state index < -0.39 is 0 Å². The Morgan fingerprint density at radius 3 is 2.79 bits per heavy atom. The highest BCUT2D eigenvalue weighted by Gasteiger charge is 2.21. The SMILES string of the molecule is CC[C@H](N)c1ccccc1N(CC)CC1CCCO1. The van der Waals surface area contributed by atoms with E-state index in [2.05, 4.69) is 43.0 Å². The first kappa shape index (κ1) is 14.4. The second kappa shape index (κ2) is 6.92. The molecule has 1 fully saturated rings. The molecule has 0 aliphatic carbocycles. The van der Waals surface area contributed by atoms with Crippen LogP contribution in [0.4, 0.5) is 5.69 Å². The van der Waals surface area contributed by atoms with Gasteiger partial charge in [0.05, 0.1) is 6.10 Å². The van der Waals surface area contributed by atoms with Gasteiger partial charge < -0.3 is 15.4 Å². The van der Waals surface area contributed by atoms with Crippen LogP contribution in [-0.4, -0.2) is 25.8 Å². The fourth-order valence-electron chi connectivity index (χ4n) is 2.74. The first-order chi connectivity index (χ1) is 9.26. The Morgan fingerprint density at radius 2 is 2.16 bits per heavy atom. The average Bonchev–Trinajstić information content (AvgIpc) is 2.97. The maximum atomic E-state index is 6.24. The highest BCUT2D eigenvalue weighted by molar-refractivity contribution is 5.55. The number of nitrogens with two attached hydrogens (primary N) is 1. The van der Waals surface area contributed by atoms with E-state index in [9.17, 15) is 0 Å². The van der Waals surface area contributed by atoms with Crippen molar-refractivity contribution < 1.29 is 4.74 Å². The summed E-state index contributed by atoms with van der Waals surface area (Å²) < 4.78 is 5.76. The predicted octanol–water partition coefficient (Wildman–Crippen LogP) is 3.10. The number of benzene rings is 1. The third-order valence-corrected chi connectivity index (χ3v) is 3.95. The van der Waals surface area contributed by atoms with E-state index in [1.807, 2.05) is 0 Å². The van der Waals surface area contributed by atoms with Gasteiger partial charge in [-0.3, -0.25) is 0 Å². The van der Waals surface area contributed by atoms with Crippen molar-refractivity contribution in [2.75, 3.05) is 24.6 Å². The number of ether oxygens (including phenoxy) is 1. The van der Waals surface area contributed by atoms with Crippen LogP contribution in [0.2, 0.25) is 0 Å². The van der Waals surface area contributed by atoms with Gasteiger partial charge in [0.15, 0.2) is 0 Å². The van der Waals surface area contributed by atoms with E-state index in [0.717, 1.165) is 26.1 Å². The minimum atomic E-state index is 0.120. The lowest BCUT2D eigenvalue weighted by molar-refractivity contribution is 0.115. The molecule has 2 rings (SSSR count). The van der Waals surface area contributed by atoms with Crippen molar-refractivity contribution in [1.29, 1.82) is 0 Å². The van der Waals surface area contributed by atoms with Crippen molar-refractivity contribution in [1.82, 2.24) is 0 Å². The topological polar surface area (TPSA) is 38.5 Å². The monoisotopic (exact) mass is 262 g/mol. The largest absolute Gasteiger partial charge is 0.376 e. The second-order valence-electron chi connectivity index (χ2n) is 5.25. The summed E-state index contributed by atoms with van der Waals surface area (Å²) in [5.41, 5.74) is 8.77. The molecule has 1 aromatic rings. The molecule has 0 spiro atoms. The molecule has 1 unspecified atom stereocenters. The highest BCUT2D eigenvalue weighted by Crippen LogP contribution is 2.28.